The van der Waals surface area contributed by atoms with Crippen LogP contribution < -0.4 is 16.5 Å². The molecule has 0 saturated carbocycles. The van der Waals surface area contributed by atoms with Gasteiger partial charge in [-0.05, 0) is 28.5 Å². The molecule has 0 aliphatic heterocycles. The molecule has 1 aromatic heterocycles. The number of nitrogens with two attached hydrogens (primary N) is 1. The van der Waals surface area contributed by atoms with Crippen LogP contribution in [0.25, 0.3) is 0 Å². The lowest BCUT2D eigenvalue weighted by atomic mass is 10.2. The molecule has 14 heteroatoms. The van der Waals surface area contributed by atoms with Gasteiger partial charge in [-0.2, -0.15) is 0 Å². The number of nitrogens with one attached hydrogen (secondary N) is 2. The van der Waals surface area contributed by atoms with Crippen molar-refractivity contribution in [2.75, 3.05) is 12.3 Å². The first-order chi connectivity index (χ1) is 13.8. The number of aromatic nitrogens is 2. The number of hydroxylamine groups is 1. The van der Waals surface area contributed by atoms with Gasteiger partial charge in [0.1, 0.15) is 12.2 Å². The standard InChI is InChI=1S/C15H15F3N6O4S/c16-9-2-1-7(5-8(9)13(17)18)21-14(22-27)12-15(24-28-23-12)29-4-3-20-11(26)6-10(19)25/h1-2,5,13,27H,3-4,6H2,(H2,19,25)(H,20,26)(H,21,22). The van der Waals surface area contributed by atoms with Gasteiger partial charge in [0, 0.05) is 12.3 Å². The van der Waals surface area contributed by atoms with Crippen LogP contribution in [-0.2, 0) is 9.59 Å². The molecule has 5 N–H and O–H groups in total. The van der Waals surface area contributed by atoms with Crippen molar-refractivity contribution in [1.82, 2.24) is 21.1 Å². The second kappa shape index (κ2) is 10.4. The summed E-state index contributed by atoms with van der Waals surface area (Å²) in [6, 6.07) is 2.78. The quantitative estimate of drug-likeness (QED) is 0.115. The fourth-order valence-corrected chi connectivity index (χ4v) is 2.76. The van der Waals surface area contributed by atoms with E-state index in [-0.39, 0.29) is 34.5 Å². The van der Waals surface area contributed by atoms with Crippen molar-refractivity contribution in [3.63, 3.8) is 0 Å². The number of carbonyl (C=O) groups is 2. The summed E-state index contributed by atoms with van der Waals surface area (Å²) in [7, 11) is 0. The Balaban J connectivity index is 2.09. The van der Waals surface area contributed by atoms with Gasteiger partial charge in [0.05, 0.1) is 11.3 Å². The number of carbonyl (C=O) groups excluding carboxylic acids is 2. The summed E-state index contributed by atoms with van der Waals surface area (Å²) in [5, 5.41) is 19.2. The Bertz CT molecular complexity index is 908. The van der Waals surface area contributed by atoms with Crippen molar-refractivity contribution in [2.45, 2.75) is 17.9 Å². The number of alkyl halides is 2. The zero-order valence-electron chi connectivity index (χ0n) is 14.6. The monoisotopic (exact) mass is 432 g/mol. The fourth-order valence-electron chi connectivity index (χ4n) is 2.01. The molecule has 0 atom stereocenters. The van der Waals surface area contributed by atoms with Crippen molar-refractivity contribution < 1.29 is 32.6 Å². The summed E-state index contributed by atoms with van der Waals surface area (Å²) in [4.78, 5) is 25.9. The third-order valence-electron chi connectivity index (χ3n) is 3.24. The van der Waals surface area contributed by atoms with Crippen LogP contribution in [0.5, 0.6) is 0 Å². The van der Waals surface area contributed by atoms with E-state index in [1.165, 1.54) is 0 Å². The molecule has 0 bridgehead atoms. The number of hydrogen-bond donors (Lipinski definition) is 4. The second-order valence-corrected chi connectivity index (χ2v) is 6.42. The maximum absolute atomic E-state index is 13.4. The van der Waals surface area contributed by atoms with Crippen LogP contribution in [0.2, 0.25) is 0 Å². The number of benzene rings is 1. The van der Waals surface area contributed by atoms with Crippen LogP contribution in [0.15, 0.2) is 32.8 Å². The zero-order chi connectivity index (χ0) is 21.4. The Labute approximate surface area is 165 Å². The van der Waals surface area contributed by atoms with Crippen LogP contribution in [0.1, 0.15) is 24.1 Å². The number of primary amides is 1. The highest BCUT2D eigenvalue weighted by Crippen LogP contribution is 2.27. The average Bonchev–Trinajstić information content (AvgIpc) is 3.12. The van der Waals surface area contributed by atoms with Crippen molar-refractivity contribution >= 4 is 35.1 Å². The summed E-state index contributed by atoms with van der Waals surface area (Å²) in [6.07, 6.45) is -3.48. The van der Waals surface area contributed by atoms with Gasteiger partial charge in [-0.25, -0.2) is 22.8 Å². The highest BCUT2D eigenvalue weighted by Gasteiger charge is 2.18. The van der Waals surface area contributed by atoms with Crippen LogP contribution >= 0.6 is 11.8 Å². The van der Waals surface area contributed by atoms with Gasteiger partial charge in [-0.1, -0.05) is 11.8 Å². The summed E-state index contributed by atoms with van der Waals surface area (Å²) in [5.41, 5.74) is 5.70. The highest BCUT2D eigenvalue weighted by molar-refractivity contribution is 7.99. The van der Waals surface area contributed by atoms with Gasteiger partial charge >= 0.3 is 0 Å². The minimum atomic E-state index is -3.04. The lowest BCUT2D eigenvalue weighted by Gasteiger charge is -2.06. The molecule has 1 heterocycles. The molecule has 0 saturated heterocycles. The topological polar surface area (TPSA) is 156 Å². The Kier molecular flexibility index (Phi) is 7.97. The largest absolute Gasteiger partial charge is 0.369 e. The van der Waals surface area contributed by atoms with Gasteiger partial charge in [0.15, 0.2) is 16.6 Å². The number of thioether (sulfide) groups is 1. The molecule has 2 rings (SSSR count). The van der Waals surface area contributed by atoms with Crippen molar-refractivity contribution in [2.24, 2.45) is 10.7 Å². The van der Waals surface area contributed by atoms with Gasteiger partial charge in [0.25, 0.3) is 6.43 Å². The minimum absolute atomic E-state index is 0.0381. The predicted octanol–water partition coefficient (Wildman–Crippen LogP) is 1.29. The Hall–Kier alpha value is -3.13. The molecule has 0 fully saturated rings. The molecule has 2 aromatic rings. The van der Waals surface area contributed by atoms with Gasteiger partial charge in [-0.15, -0.1) is 0 Å². The minimum Gasteiger partial charge on any atom is -0.369 e. The first kappa shape index (κ1) is 22.2. The van der Waals surface area contributed by atoms with Gasteiger partial charge in [-0.3, -0.25) is 20.3 Å². The van der Waals surface area contributed by atoms with Crippen molar-refractivity contribution in [1.29, 1.82) is 0 Å². The number of rotatable bonds is 9. The van der Waals surface area contributed by atoms with Crippen LogP contribution in [0, 0.1) is 5.82 Å². The van der Waals surface area contributed by atoms with E-state index in [1.807, 2.05) is 0 Å². The number of aliphatic imine (C=N–C) groups is 1. The Morgan fingerprint density at radius 3 is 2.76 bits per heavy atom. The Morgan fingerprint density at radius 1 is 1.34 bits per heavy atom. The molecule has 2 amide bonds. The predicted molar refractivity (Wildman–Crippen MR) is 94.3 cm³/mol. The smallest absolute Gasteiger partial charge is 0.266 e. The van der Waals surface area contributed by atoms with Gasteiger partial charge in [0.2, 0.25) is 11.8 Å². The normalized spacial score (nSPS) is 11.6. The number of halogens is 3. The van der Waals surface area contributed by atoms with Crippen LogP contribution in [0.3, 0.4) is 0 Å². The Morgan fingerprint density at radius 2 is 2.10 bits per heavy atom. The molecule has 0 spiro atoms. The van der Waals surface area contributed by atoms with Crippen LogP contribution in [-0.4, -0.2) is 45.5 Å². The molecule has 0 aliphatic rings. The summed E-state index contributed by atoms with van der Waals surface area (Å²) < 4.78 is 43.6. The summed E-state index contributed by atoms with van der Waals surface area (Å²) in [6.45, 7) is 0.165. The molecule has 1 aromatic carbocycles. The van der Waals surface area contributed by atoms with Crippen molar-refractivity contribution in [3.8, 4) is 0 Å². The van der Waals surface area contributed by atoms with E-state index in [2.05, 4.69) is 25.3 Å². The van der Waals surface area contributed by atoms with Crippen molar-refractivity contribution in [3.05, 3.63) is 35.3 Å². The third kappa shape index (κ3) is 6.46. The number of nitrogens with zero attached hydrogens (tertiary/aromatic N) is 3. The molecular formula is C15H15F3N6O4S. The van der Waals surface area contributed by atoms with Gasteiger partial charge < -0.3 is 11.1 Å². The van der Waals surface area contributed by atoms with E-state index in [9.17, 15) is 28.0 Å². The van der Waals surface area contributed by atoms with E-state index in [1.54, 1.807) is 5.48 Å². The number of amidine groups is 1. The summed E-state index contributed by atoms with van der Waals surface area (Å²) >= 11 is 1.07. The van der Waals surface area contributed by atoms with E-state index >= 15 is 0 Å². The maximum Gasteiger partial charge on any atom is 0.266 e. The second-order valence-electron chi connectivity index (χ2n) is 5.34. The third-order valence-corrected chi connectivity index (χ3v) is 4.19. The SMILES string of the molecule is NC(=O)CC(=O)NCCSc1nonc1C(=Nc1ccc(F)c(C(F)F)c1)NO. The molecule has 0 unspecified atom stereocenters. The van der Waals surface area contributed by atoms with E-state index in [0.29, 0.717) is 0 Å². The molecule has 10 nitrogen and oxygen atoms in total. The number of hydrogen-bond acceptors (Lipinski definition) is 8. The fraction of sp³-hybridized carbons (Fsp3) is 0.267. The molecule has 0 aliphatic carbocycles. The molecule has 156 valence electrons. The first-order valence-corrected chi connectivity index (χ1v) is 8.87. The lowest BCUT2D eigenvalue weighted by molar-refractivity contribution is -0.127. The molecular weight excluding hydrogens is 417 g/mol. The number of amides is 2. The highest BCUT2D eigenvalue weighted by atomic mass is 32.2. The zero-order valence-corrected chi connectivity index (χ0v) is 15.4. The average molecular weight is 432 g/mol. The first-order valence-electron chi connectivity index (χ1n) is 7.89. The molecule has 0 radical (unpaired) electrons. The van der Waals surface area contributed by atoms with E-state index in [4.69, 9.17) is 5.73 Å². The summed E-state index contributed by atoms with van der Waals surface area (Å²) in [5.74, 6) is -2.38. The lowest BCUT2D eigenvalue weighted by Crippen LogP contribution is -2.30. The van der Waals surface area contributed by atoms with E-state index < -0.39 is 36.0 Å². The maximum atomic E-state index is 13.4. The van der Waals surface area contributed by atoms with E-state index in [0.717, 1.165) is 30.0 Å². The van der Waals surface area contributed by atoms with Crippen LogP contribution in [0.4, 0.5) is 18.9 Å². The molecule has 29 heavy (non-hydrogen) atoms.